The van der Waals surface area contributed by atoms with Crippen molar-refractivity contribution in [2.75, 3.05) is 0 Å². The molecule has 0 spiro atoms. The summed E-state index contributed by atoms with van der Waals surface area (Å²) in [5.74, 6) is 0.738. The quantitative estimate of drug-likeness (QED) is 0.896. The maximum atomic E-state index is 11.1. The number of nitrogens with zero attached hydrogens (tertiary/aromatic N) is 2. The summed E-state index contributed by atoms with van der Waals surface area (Å²) in [6.45, 7) is 0. The molecule has 2 aromatic rings. The van der Waals surface area contributed by atoms with Gasteiger partial charge in [-0.1, -0.05) is 28.1 Å². The molecule has 4 nitrogen and oxygen atoms in total. The Kier molecular flexibility index (Phi) is 2.73. The molecule has 1 heterocycles. The minimum absolute atomic E-state index is 0.179. The van der Waals surface area contributed by atoms with Crippen LogP contribution in [-0.2, 0) is 13.5 Å². The molecule has 1 aromatic heterocycles. The molecule has 1 N–H and O–H groups in total. The van der Waals surface area contributed by atoms with E-state index in [0.29, 0.717) is 6.42 Å². The Hall–Kier alpha value is -1.36. The Bertz CT molecular complexity index is 512. The summed E-state index contributed by atoms with van der Waals surface area (Å²) in [4.78, 5) is 11.1. The zero-order chi connectivity index (χ0) is 10.8. The van der Waals surface area contributed by atoms with Crippen molar-refractivity contribution in [1.82, 2.24) is 14.8 Å². The van der Waals surface area contributed by atoms with E-state index in [-0.39, 0.29) is 5.69 Å². The third-order valence-electron chi connectivity index (χ3n) is 2.25. The highest BCUT2D eigenvalue weighted by molar-refractivity contribution is 9.10. The molecule has 0 saturated carbocycles. The molecule has 2 rings (SSSR count). The van der Waals surface area contributed by atoms with E-state index in [1.807, 2.05) is 24.3 Å². The second-order valence-electron chi connectivity index (χ2n) is 3.31. The number of aromatic amines is 1. The first-order valence-corrected chi connectivity index (χ1v) is 5.31. The van der Waals surface area contributed by atoms with Crippen molar-refractivity contribution in [3.63, 3.8) is 0 Å². The van der Waals surface area contributed by atoms with Crippen molar-refractivity contribution in [2.45, 2.75) is 6.42 Å². The van der Waals surface area contributed by atoms with E-state index >= 15 is 0 Å². The van der Waals surface area contributed by atoms with Gasteiger partial charge in [0.25, 0.3) is 0 Å². The molecule has 0 fully saturated rings. The predicted molar refractivity (Wildman–Crippen MR) is 60.8 cm³/mol. The number of rotatable bonds is 2. The molecule has 0 aliphatic heterocycles. The van der Waals surface area contributed by atoms with Crippen LogP contribution in [-0.4, -0.2) is 14.8 Å². The van der Waals surface area contributed by atoms with Crippen LogP contribution in [0, 0.1) is 0 Å². The second-order valence-corrected chi connectivity index (χ2v) is 4.22. The van der Waals surface area contributed by atoms with Gasteiger partial charge in [0, 0.05) is 17.9 Å². The van der Waals surface area contributed by atoms with Crippen LogP contribution in [0.3, 0.4) is 0 Å². The first-order chi connectivity index (χ1) is 7.16. The van der Waals surface area contributed by atoms with Gasteiger partial charge in [-0.2, -0.15) is 5.10 Å². The fourth-order valence-electron chi connectivity index (χ4n) is 1.32. The van der Waals surface area contributed by atoms with Crippen LogP contribution in [0.1, 0.15) is 11.4 Å². The third kappa shape index (κ3) is 2.18. The van der Waals surface area contributed by atoms with Gasteiger partial charge in [0.2, 0.25) is 0 Å². The molecule has 0 atom stereocenters. The van der Waals surface area contributed by atoms with Crippen molar-refractivity contribution in [3.05, 3.63) is 50.6 Å². The molecule has 5 heteroatoms. The lowest BCUT2D eigenvalue weighted by molar-refractivity contribution is 0.797. The number of hydrogen-bond acceptors (Lipinski definition) is 2. The third-order valence-corrected chi connectivity index (χ3v) is 2.78. The smallest absolute Gasteiger partial charge is 0.282 e. The largest absolute Gasteiger partial charge is 0.343 e. The van der Waals surface area contributed by atoms with Gasteiger partial charge in [0.15, 0.2) is 0 Å². The van der Waals surface area contributed by atoms with Crippen molar-refractivity contribution in [1.29, 1.82) is 0 Å². The van der Waals surface area contributed by atoms with E-state index in [1.54, 1.807) is 7.05 Å². The summed E-state index contributed by atoms with van der Waals surface area (Å²) in [7, 11) is 1.71. The van der Waals surface area contributed by atoms with Crippen molar-refractivity contribution >= 4 is 15.9 Å². The zero-order valence-electron chi connectivity index (χ0n) is 8.20. The van der Waals surface area contributed by atoms with Crippen LogP contribution < -0.4 is 5.69 Å². The number of halogens is 1. The minimum atomic E-state index is -0.179. The van der Waals surface area contributed by atoms with Crippen molar-refractivity contribution in [2.24, 2.45) is 7.05 Å². The van der Waals surface area contributed by atoms with Gasteiger partial charge in [0.1, 0.15) is 5.82 Å². The molecular formula is C10H10BrN3O. The highest BCUT2D eigenvalue weighted by Crippen LogP contribution is 2.12. The Morgan fingerprint density at radius 1 is 1.40 bits per heavy atom. The fraction of sp³-hybridized carbons (Fsp3) is 0.200. The molecule has 0 amide bonds. The SMILES string of the molecule is Cn1c(Cc2ccc(Br)cc2)n[nH]c1=O. The molecule has 0 unspecified atom stereocenters. The predicted octanol–water partition coefficient (Wildman–Crippen LogP) is 1.46. The Morgan fingerprint density at radius 2 is 2.07 bits per heavy atom. The van der Waals surface area contributed by atoms with E-state index in [1.165, 1.54) is 4.57 Å². The van der Waals surface area contributed by atoms with E-state index < -0.39 is 0 Å². The molecular weight excluding hydrogens is 258 g/mol. The number of nitrogens with one attached hydrogen (secondary N) is 1. The van der Waals surface area contributed by atoms with E-state index in [4.69, 9.17) is 0 Å². The van der Waals surface area contributed by atoms with Gasteiger partial charge in [0.05, 0.1) is 0 Å². The fourth-order valence-corrected chi connectivity index (χ4v) is 1.59. The van der Waals surface area contributed by atoms with Gasteiger partial charge in [-0.05, 0) is 17.7 Å². The number of aromatic nitrogens is 3. The summed E-state index contributed by atoms with van der Waals surface area (Å²) in [5, 5.41) is 6.36. The van der Waals surface area contributed by atoms with Gasteiger partial charge < -0.3 is 0 Å². The van der Waals surface area contributed by atoms with Crippen LogP contribution >= 0.6 is 15.9 Å². The van der Waals surface area contributed by atoms with E-state index in [9.17, 15) is 4.79 Å². The Labute approximate surface area is 95.1 Å². The minimum Gasteiger partial charge on any atom is -0.282 e. The average Bonchev–Trinajstić information content (AvgIpc) is 2.53. The Balaban J connectivity index is 2.26. The standard InChI is InChI=1S/C10H10BrN3O/c1-14-9(12-13-10(14)15)6-7-2-4-8(11)5-3-7/h2-5H,6H2,1H3,(H,13,15). The van der Waals surface area contributed by atoms with Gasteiger partial charge in [-0.3, -0.25) is 4.57 Å². The lowest BCUT2D eigenvalue weighted by atomic mass is 10.1. The zero-order valence-corrected chi connectivity index (χ0v) is 9.78. The molecule has 15 heavy (non-hydrogen) atoms. The van der Waals surface area contributed by atoms with Gasteiger partial charge in [-0.15, -0.1) is 0 Å². The van der Waals surface area contributed by atoms with Gasteiger partial charge >= 0.3 is 5.69 Å². The molecule has 0 bridgehead atoms. The number of hydrogen-bond donors (Lipinski definition) is 1. The molecule has 78 valence electrons. The van der Waals surface area contributed by atoms with E-state index in [0.717, 1.165) is 15.9 Å². The van der Waals surface area contributed by atoms with Crippen molar-refractivity contribution < 1.29 is 0 Å². The van der Waals surface area contributed by atoms with E-state index in [2.05, 4.69) is 26.1 Å². The Morgan fingerprint density at radius 3 is 2.60 bits per heavy atom. The lowest BCUT2D eigenvalue weighted by Gasteiger charge is -2.00. The molecule has 0 aliphatic carbocycles. The second kappa shape index (κ2) is 4.02. The van der Waals surface area contributed by atoms with Crippen LogP contribution in [0.4, 0.5) is 0 Å². The maximum absolute atomic E-state index is 11.1. The highest BCUT2D eigenvalue weighted by atomic mass is 79.9. The first-order valence-electron chi connectivity index (χ1n) is 4.51. The number of benzene rings is 1. The average molecular weight is 268 g/mol. The summed E-state index contributed by atoms with van der Waals surface area (Å²) in [6, 6.07) is 7.95. The number of H-pyrrole nitrogens is 1. The highest BCUT2D eigenvalue weighted by Gasteiger charge is 2.04. The lowest BCUT2D eigenvalue weighted by Crippen LogP contribution is -2.14. The summed E-state index contributed by atoms with van der Waals surface area (Å²) in [6.07, 6.45) is 0.655. The summed E-state index contributed by atoms with van der Waals surface area (Å²) >= 11 is 3.37. The monoisotopic (exact) mass is 267 g/mol. The normalized spacial score (nSPS) is 10.5. The molecule has 0 saturated heterocycles. The van der Waals surface area contributed by atoms with Crippen molar-refractivity contribution in [3.8, 4) is 0 Å². The van der Waals surface area contributed by atoms with Crippen LogP contribution in [0.2, 0.25) is 0 Å². The summed E-state index contributed by atoms with van der Waals surface area (Å²) in [5.41, 5.74) is 0.947. The maximum Gasteiger partial charge on any atom is 0.343 e. The molecule has 0 radical (unpaired) electrons. The molecule has 0 aliphatic rings. The van der Waals surface area contributed by atoms with Crippen LogP contribution in [0.5, 0.6) is 0 Å². The summed E-state index contributed by atoms with van der Waals surface area (Å²) < 4.78 is 2.56. The van der Waals surface area contributed by atoms with Gasteiger partial charge in [-0.25, -0.2) is 9.89 Å². The first kappa shape index (κ1) is 10.2. The molecule has 1 aromatic carbocycles. The topological polar surface area (TPSA) is 50.7 Å². The van der Waals surface area contributed by atoms with Crippen LogP contribution in [0.15, 0.2) is 33.5 Å². The van der Waals surface area contributed by atoms with Crippen LogP contribution in [0.25, 0.3) is 0 Å².